The first-order valence-corrected chi connectivity index (χ1v) is 6.02. The highest BCUT2D eigenvalue weighted by Gasteiger charge is 2.07. The van der Waals surface area contributed by atoms with Gasteiger partial charge in [0.25, 0.3) is 0 Å². The summed E-state index contributed by atoms with van der Waals surface area (Å²) in [6.45, 7) is 0. The van der Waals surface area contributed by atoms with Gasteiger partial charge in [0.15, 0.2) is 0 Å². The standard InChI is InChI=1S/C13H11NS/c1-2-4-12-9-13(6-5-11(12)3-1)14-7-8-15-10-14/h1-9H,10H2. The van der Waals surface area contributed by atoms with Crippen LogP contribution in [0.4, 0.5) is 5.69 Å². The Bertz CT molecular complexity index is 519. The monoisotopic (exact) mass is 213 g/mol. The molecule has 74 valence electrons. The summed E-state index contributed by atoms with van der Waals surface area (Å²) in [7, 11) is 0. The summed E-state index contributed by atoms with van der Waals surface area (Å²) in [4.78, 5) is 2.26. The molecule has 15 heavy (non-hydrogen) atoms. The van der Waals surface area contributed by atoms with Crippen molar-refractivity contribution in [2.45, 2.75) is 0 Å². The van der Waals surface area contributed by atoms with E-state index in [1.165, 1.54) is 16.5 Å². The van der Waals surface area contributed by atoms with Crippen LogP contribution in [-0.4, -0.2) is 5.88 Å². The van der Waals surface area contributed by atoms with Crippen molar-refractivity contribution >= 4 is 28.2 Å². The van der Waals surface area contributed by atoms with Crippen molar-refractivity contribution < 1.29 is 0 Å². The molecule has 0 amide bonds. The van der Waals surface area contributed by atoms with Gasteiger partial charge in [-0.15, -0.1) is 11.8 Å². The summed E-state index contributed by atoms with van der Waals surface area (Å²) in [5, 5.41) is 4.74. The largest absolute Gasteiger partial charge is 0.337 e. The van der Waals surface area contributed by atoms with E-state index < -0.39 is 0 Å². The van der Waals surface area contributed by atoms with Crippen LogP contribution >= 0.6 is 11.8 Å². The van der Waals surface area contributed by atoms with Crippen LogP contribution in [0.3, 0.4) is 0 Å². The topological polar surface area (TPSA) is 3.24 Å². The maximum Gasteiger partial charge on any atom is 0.0723 e. The molecule has 0 radical (unpaired) electrons. The van der Waals surface area contributed by atoms with E-state index in [4.69, 9.17) is 0 Å². The Morgan fingerprint density at radius 2 is 1.87 bits per heavy atom. The number of hydrogen-bond acceptors (Lipinski definition) is 2. The fraction of sp³-hybridized carbons (Fsp3) is 0.0769. The van der Waals surface area contributed by atoms with Gasteiger partial charge in [-0.25, -0.2) is 0 Å². The van der Waals surface area contributed by atoms with Gasteiger partial charge in [0, 0.05) is 11.9 Å². The van der Waals surface area contributed by atoms with Crippen LogP contribution in [0.25, 0.3) is 10.8 Å². The van der Waals surface area contributed by atoms with Gasteiger partial charge in [0.1, 0.15) is 0 Å². The molecule has 1 heterocycles. The first-order valence-electron chi connectivity index (χ1n) is 4.97. The van der Waals surface area contributed by atoms with Crippen molar-refractivity contribution in [2.24, 2.45) is 0 Å². The molecule has 0 spiro atoms. The highest BCUT2D eigenvalue weighted by Crippen LogP contribution is 2.26. The molecule has 2 aromatic carbocycles. The number of anilines is 1. The normalized spacial score (nSPS) is 15.1. The third-order valence-corrected chi connectivity index (χ3v) is 3.36. The van der Waals surface area contributed by atoms with Crippen molar-refractivity contribution in [1.82, 2.24) is 0 Å². The molecule has 1 nitrogen and oxygen atoms in total. The van der Waals surface area contributed by atoms with Crippen LogP contribution in [0.1, 0.15) is 0 Å². The molecule has 0 unspecified atom stereocenters. The van der Waals surface area contributed by atoms with E-state index in [2.05, 4.69) is 59.0 Å². The van der Waals surface area contributed by atoms with Crippen LogP contribution in [0.2, 0.25) is 0 Å². The van der Waals surface area contributed by atoms with E-state index in [0.29, 0.717) is 0 Å². The summed E-state index contributed by atoms with van der Waals surface area (Å²) in [6, 6.07) is 15.1. The minimum atomic E-state index is 1.03. The van der Waals surface area contributed by atoms with Crippen molar-refractivity contribution in [1.29, 1.82) is 0 Å². The molecular formula is C13H11NS. The van der Waals surface area contributed by atoms with Gasteiger partial charge in [-0.3, -0.25) is 0 Å². The Balaban J connectivity index is 2.09. The molecule has 0 aliphatic carbocycles. The molecule has 2 heteroatoms. The fourth-order valence-corrected chi connectivity index (χ4v) is 2.51. The van der Waals surface area contributed by atoms with E-state index >= 15 is 0 Å². The van der Waals surface area contributed by atoms with Gasteiger partial charge in [-0.2, -0.15) is 0 Å². The summed E-state index contributed by atoms with van der Waals surface area (Å²) in [5.74, 6) is 1.03. The third-order valence-electron chi connectivity index (χ3n) is 2.62. The highest BCUT2D eigenvalue weighted by atomic mass is 32.2. The Kier molecular flexibility index (Phi) is 2.14. The van der Waals surface area contributed by atoms with Crippen molar-refractivity contribution in [2.75, 3.05) is 10.8 Å². The molecule has 2 aromatic rings. The highest BCUT2D eigenvalue weighted by molar-refractivity contribution is 8.02. The van der Waals surface area contributed by atoms with Crippen molar-refractivity contribution in [3.8, 4) is 0 Å². The van der Waals surface area contributed by atoms with Gasteiger partial charge < -0.3 is 4.90 Å². The predicted octanol–water partition coefficient (Wildman–Crippen LogP) is 3.82. The van der Waals surface area contributed by atoms with Crippen LogP contribution in [-0.2, 0) is 0 Å². The van der Waals surface area contributed by atoms with Gasteiger partial charge in [-0.1, -0.05) is 30.3 Å². The molecule has 0 saturated heterocycles. The van der Waals surface area contributed by atoms with E-state index in [1.54, 1.807) is 0 Å². The second-order valence-corrected chi connectivity index (χ2v) is 4.45. The Morgan fingerprint density at radius 3 is 2.67 bits per heavy atom. The van der Waals surface area contributed by atoms with Crippen molar-refractivity contribution in [3.05, 3.63) is 54.1 Å². The lowest BCUT2D eigenvalue weighted by molar-refractivity contribution is 1.19. The summed E-state index contributed by atoms with van der Waals surface area (Å²) < 4.78 is 0. The number of benzene rings is 2. The molecule has 0 atom stereocenters. The maximum absolute atomic E-state index is 2.26. The predicted molar refractivity (Wildman–Crippen MR) is 68.0 cm³/mol. The Hall–Kier alpha value is -1.41. The van der Waals surface area contributed by atoms with E-state index in [-0.39, 0.29) is 0 Å². The third kappa shape index (κ3) is 1.61. The lowest BCUT2D eigenvalue weighted by Crippen LogP contribution is -2.10. The van der Waals surface area contributed by atoms with Gasteiger partial charge in [-0.05, 0) is 28.3 Å². The lowest BCUT2D eigenvalue weighted by atomic mass is 10.1. The summed E-state index contributed by atoms with van der Waals surface area (Å²) in [5.41, 5.74) is 1.27. The van der Waals surface area contributed by atoms with Crippen LogP contribution in [0.15, 0.2) is 54.1 Å². The lowest BCUT2D eigenvalue weighted by Gasteiger charge is -2.15. The molecule has 3 rings (SSSR count). The van der Waals surface area contributed by atoms with Crippen molar-refractivity contribution in [3.63, 3.8) is 0 Å². The molecule has 0 fully saturated rings. The van der Waals surface area contributed by atoms with E-state index in [0.717, 1.165) is 5.88 Å². The zero-order valence-electron chi connectivity index (χ0n) is 8.26. The maximum atomic E-state index is 2.26. The van der Waals surface area contributed by atoms with E-state index in [9.17, 15) is 0 Å². The van der Waals surface area contributed by atoms with Gasteiger partial charge in [0.05, 0.1) is 5.88 Å². The molecule has 1 aliphatic rings. The number of hydrogen-bond donors (Lipinski definition) is 0. The quantitative estimate of drug-likeness (QED) is 0.708. The number of nitrogens with zero attached hydrogens (tertiary/aromatic N) is 1. The van der Waals surface area contributed by atoms with E-state index in [1.807, 2.05) is 11.8 Å². The number of thioether (sulfide) groups is 1. The minimum absolute atomic E-state index is 1.03. The summed E-state index contributed by atoms with van der Waals surface area (Å²) in [6.07, 6.45) is 2.13. The molecule has 0 N–H and O–H groups in total. The van der Waals surface area contributed by atoms with Crippen LogP contribution in [0.5, 0.6) is 0 Å². The SMILES string of the molecule is C1=CN(c2ccc3ccccc3c2)CS1. The molecular weight excluding hydrogens is 202 g/mol. The summed E-state index contributed by atoms with van der Waals surface area (Å²) >= 11 is 1.83. The molecule has 1 aliphatic heterocycles. The van der Waals surface area contributed by atoms with Gasteiger partial charge >= 0.3 is 0 Å². The second kappa shape index (κ2) is 3.63. The Morgan fingerprint density at radius 1 is 1.00 bits per heavy atom. The first-order chi connectivity index (χ1) is 7.43. The zero-order valence-corrected chi connectivity index (χ0v) is 9.08. The fourth-order valence-electron chi connectivity index (χ4n) is 1.80. The molecule has 0 saturated carbocycles. The zero-order chi connectivity index (χ0) is 10.1. The first kappa shape index (κ1) is 8.86. The number of rotatable bonds is 1. The average Bonchev–Trinajstić information content (AvgIpc) is 2.82. The van der Waals surface area contributed by atoms with Gasteiger partial charge in [0.2, 0.25) is 0 Å². The van der Waals surface area contributed by atoms with Crippen LogP contribution in [0, 0.1) is 0 Å². The molecule has 0 bridgehead atoms. The smallest absolute Gasteiger partial charge is 0.0723 e. The second-order valence-electron chi connectivity index (χ2n) is 3.58. The number of fused-ring (bicyclic) bond motifs is 1. The average molecular weight is 213 g/mol. The minimum Gasteiger partial charge on any atom is -0.337 e. The Labute approximate surface area is 93.4 Å². The molecule has 0 aromatic heterocycles. The van der Waals surface area contributed by atoms with Crippen LogP contribution < -0.4 is 4.90 Å².